The summed E-state index contributed by atoms with van der Waals surface area (Å²) >= 11 is 0. The molecule has 3 N–H and O–H groups in total. The molecule has 0 atom stereocenters. The SMILES string of the molecule is CC1(CNC(=O)c2cn[nH]c2-c2cccc(OC(F)F)c2)CCNCC1.Cl. The van der Waals surface area contributed by atoms with E-state index in [0.29, 0.717) is 23.4 Å². The monoisotopic (exact) mass is 400 g/mol. The highest BCUT2D eigenvalue weighted by molar-refractivity contribution is 5.99. The quantitative estimate of drug-likeness (QED) is 0.695. The number of amides is 1. The van der Waals surface area contributed by atoms with Crippen molar-refractivity contribution in [3.8, 4) is 17.0 Å². The van der Waals surface area contributed by atoms with Crippen LogP contribution in [0.3, 0.4) is 0 Å². The van der Waals surface area contributed by atoms with E-state index in [1.807, 2.05) is 0 Å². The van der Waals surface area contributed by atoms with Crippen LogP contribution in [-0.4, -0.2) is 42.4 Å². The molecule has 9 heteroatoms. The Bertz CT molecular complexity index is 763. The van der Waals surface area contributed by atoms with E-state index in [0.717, 1.165) is 25.9 Å². The third-order valence-corrected chi connectivity index (χ3v) is 4.72. The minimum absolute atomic E-state index is 0. The minimum Gasteiger partial charge on any atom is -0.435 e. The lowest BCUT2D eigenvalue weighted by Crippen LogP contribution is -2.42. The van der Waals surface area contributed by atoms with E-state index in [9.17, 15) is 13.6 Å². The van der Waals surface area contributed by atoms with Crippen LogP contribution >= 0.6 is 12.4 Å². The van der Waals surface area contributed by atoms with Gasteiger partial charge in [-0.05, 0) is 43.5 Å². The number of aromatic nitrogens is 2. The lowest BCUT2D eigenvalue weighted by molar-refractivity contribution is -0.0498. The first kappa shape index (κ1) is 21.1. The highest BCUT2D eigenvalue weighted by Gasteiger charge is 2.27. The number of nitrogens with one attached hydrogen (secondary N) is 3. The van der Waals surface area contributed by atoms with Gasteiger partial charge < -0.3 is 15.4 Å². The van der Waals surface area contributed by atoms with Gasteiger partial charge in [0.2, 0.25) is 0 Å². The fourth-order valence-electron chi connectivity index (χ4n) is 3.10. The molecule has 0 saturated carbocycles. The van der Waals surface area contributed by atoms with Gasteiger partial charge in [0.1, 0.15) is 5.75 Å². The second kappa shape index (κ2) is 9.14. The van der Waals surface area contributed by atoms with Crippen LogP contribution in [-0.2, 0) is 0 Å². The van der Waals surface area contributed by atoms with Gasteiger partial charge in [0.05, 0.1) is 17.5 Å². The van der Waals surface area contributed by atoms with Crippen LogP contribution < -0.4 is 15.4 Å². The third kappa shape index (κ3) is 5.40. The molecule has 1 aliphatic heterocycles. The lowest BCUT2D eigenvalue weighted by Gasteiger charge is -2.34. The largest absolute Gasteiger partial charge is 0.435 e. The molecule has 3 rings (SSSR count). The van der Waals surface area contributed by atoms with Crippen molar-refractivity contribution in [3.05, 3.63) is 36.0 Å². The summed E-state index contributed by atoms with van der Waals surface area (Å²) in [5, 5.41) is 13.0. The molecular formula is C18H23ClF2N4O2. The van der Waals surface area contributed by atoms with Gasteiger partial charge in [-0.2, -0.15) is 13.9 Å². The summed E-state index contributed by atoms with van der Waals surface area (Å²) in [5.74, 6) is -0.214. The first-order valence-corrected chi connectivity index (χ1v) is 8.54. The van der Waals surface area contributed by atoms with Gasteiger partial charge in [0.15, 0.2) is 0 Å². The number of ether oxygens (including phenoxy) is 1. The Kier molecular flexibility index (Phi) is 7.15. The van der Waals surface area contributed by atoms with Crippen LogP contribution in [0.5, 0.6) is 5.75 Å². The normalized spacial score (nSPS) is 15.9. The van der Waals surface area contributed by atoms with Gasteiger partial charge in [-0.15, -0.1) is 12.4 Å². The third-order valence-electron chi connectivity index (χ3n) is 4.72. The van der Waals surface area contributed by atoms with Gasteiger partial charge in [-0.25, -0.2) is 0 Å². The topological polar surface area (TPSA) is 79.0 Å². The Balaban J connectivity index is 0.00000261. The van der Waals surface area contributed by atoms with Gasteiger partial charge in [-0.3, -0.25) is 9.89 Å². The van der Waals surface area contributed by atoms with Crippen LogP contribution in [0.2, 0.25) is 0 Å². The summed E-state index contributed by atoms with van der Waals surface area (Å²) < 4.78 is 29.2. The molecule has 0 unspecified atom stereocenters. The summed E-state index contributed by atoms with van der Waals surface area (Å²) in [6.45, 7) is 1.73. The molecule has 0 radical (unpaired) electrons. The number of alkyl halides is 2. The number of hydrogen-bond acceptors (Lipinski definition) is 4. The van der Waals surface area contributed by atoms with Crippen molar-refractivity contribution in [1.82, 2.24) is 20.8 Å². The van der Waals surface area contributed by atoms with E-state index >= 15 is 0 Å². The van der Waals surface area contributed by atoms with Gasteiger partial charge in [0.25, 0.3) is 5.91 Å². The van der Waals surface area contributed by atoms with E-state index in [1.165, 1.54) is 18.3 Å². The van der Waals surface area contributed by atoms with Crippen molar-refractivity contribution in [1.29, 1.82) is 0 Å². The van der Waals surface area contributed by atoms with Crippen molar-refractivity contribution < 1.29 is 18.3 Å². The van der Waals surface area contributed by atoms with Gasteiger partial charge in [-0.1, -0.05) is 19.1 Å². The number of benzene rings is 1. The van der Waals surface area contributed by atoms with Crippen LogP contribution in [0, 0.1) is 5.41 Å². The average molecular weight is 401 g/mol. The molecule has 6 nitrogen and oxygen atoms in total. The van der Waals surface area contributed by atoms with E-state index in [-0.39, 0.29) is 29.5 Å². The number of hydrogen-bond donors (Lipinski definition) is 3. The van der Waals surface area contributed by atoms with Crippen molar-refractivity contribution in [2.24, 2.45) is 5.41 Å². The number of halogens is 3. The highest BCUT2D eigenvalue weighted by Crippen LogP contribution is 2.28. The maximum absolute atomic E-state index is 12.6. The molecule has 0 aliphatic carbocycles. The molecule has 0 spiro atoms. The molecule has 1 amide bonds. The van der Waals surface area contributed by atoms with E-state index in [2.05, 4.69) is 32.5 Å². The first-order valence-electron chi connectivity index (χ1n) is 8.54. The van der Waals surface area contributed by atoms with Crippen molar-refractivity contribution in [2.45, 2.75) is 26.4 Å². The molecule has 1 saturated heterocycles. The molecule has 1 aromatic carbocycles. The Hall–Kier alpha value is -2.19. The number of carbonyl (C=O) groups excluding carboxylic acids is 1. The van der Waals surface area contributed by atoms with E-state index in [4.69, 9.17) is 0 Å². The zero-order chi connectivity index (χ0) is 18.6. The molecular weight excluding hydrogens is 378 g/mol. The molecule has 2 aromatic rings. The standard InChI is InChI=1S/C18H22F2N4O2.ClH/c1-18(5-7-21-8-6-18)11-22-16(25)14-10-23-24-15(14)12-3-2-4-13(9-12)26-17(19)20;/h2-4,9-10,17,21H,5-8,11H2,1H3,(H,22,25)(H,23,24);1H. The number of aromatic amines is 1. The van der Waals surface area contributed by atoms with E-state index in [1.54, 1.807) is 12.1 Å². The predicted molar refractivity (Wildman–Crippen MR) is 100 cm³/mol. The molecule has 0 bridgehead atoms. The van der Waals surface area contributed by atoms with Crippen LogP contribution in [0.15, 0.2) is 30.5 Å². The number of carbonyl (C=O) groups is 1. The van der Waals surface area contributed by atoms with Crippen LogP contribution in [0.1, 0.15) is 30.1 Å². The Labute approximate surface area is 162 Å². The Morgan fingerprint density at radius 3 is 2.81 bits per heavy atom. The highest BCUT2D eigenvalue weighted by atomic mass is 35.5. The second-order valence-electron chi connectivity index (χ2n) is 6.81. The fraction of sp³-hybridized carbons (Fsp3) is 0.444. The molecule has 148 valence electrons. The molecule has 1 fully saturated rings. The molecule has 27 heavy (non-hydrogen) atoms. The van der Waals surface area contributed by atoms with Gasteiger partial charge >= 0.3 is 6.61 Å². The fourth-order valence-corrected chi connectivity index (χ4v) is 3.10. The average Bonchev–Trinajstić information content (AvgIpc) is 3.10. The summed E-state index contributed by atoms with van der Waals surface area (Å²) in [6.07, 6.45) is 3.44. The van der Waals surface area contributed by atoms with Crippen molar-refractivity contribution in [3.63, 3.8) is 0 Å². The number of piperidine rings is 1. The predicted octanol–water partition coefficient (Wildman–Crippen LogP) is 3.22. The summed E-state index contributed by atoms with van der Waals surface area (Å²) in [6, 6.07) is 6.18. The zero-order valence-corrected chi connectivity index (χ0v) is 15.7. The van der Waals surface area contributed by atoms with E-state index < -0.39 is 6.61 Å². The smallest absolute Gasteiger partial charge is 0.387 e. The van der Waals surface area contributed by atoms with Crippen LogP contribution in [0.4, 0.5) is 8.78 Å². The molecule has 1 aromatic heterocycles. The molecule has 2 heterocycles. The maximum Gasteiger partial charge on any atom is 0.387 e. The molecule has 1 aliphatic rings. The van der Waals surface area contributed by atoms with Crippen LogP contribution in [0.25, 0.3) is 11.3 Å². The summed E-state index contributed by atoms with van der Waals surface area (Å²) in [7, 11) is 0. The Morgan fingerprint density at radius 1 is 1.37 bits per heavy atom. The van der Waals surface area contributed by atoms with Gasteiger partial charge in [0, 0.05) is 12.1 Å². The van der Waals surface area contributed by atoms with Crippen molar-refractivity contribution in [2.75, 3.05) is 19.6 Å². The Morgan fingerprint density at radius 2 is 2.11 bits per heavy atom. The second-order valence-corrected chi connectivity index (χ2v) is 6.81. The maximum atomic E-state index is 12.6. The summed E-state index contributed by atoms with van der Waals surface area (Å²) in [4.78, 5) is 12.6. The lowest BCUT2D eigenvalue weighted by atomic mass is 9.81. The minimum atomic E-state index is -2.90. The zero-order valence-electron chi connectivity index (χ0n) is 14.9. The number of rotatable bonds is 6. The number of H-pyrrole nitrogens is 1. The summed E-state index contributed by atoms with van der Waals surface area (Å²) in [5.41, 5.74) is 1.46. The number of nitrogens with zero attached hydrogens (tertiary/aromatic N) is 1. The van der Waals surface area contributed by atoms with Crippen molar-refractivity contribution >= 4 is 18.3 Å². The first-order chi connectivity index (χ1) is 12.5.